The maximum absolute atomic E-state index is 11.5. The molecule has 2 N–H and O–H groups in total. The summed E-state index contributed by atoms with van der Waals surface area (Å²) >= 11 is 1.32. The quantitative estimate of drug-likeness (QED) is 0.703. The van der Waals surface area contributed by atoms with E-state index in [2.05, 4.69) is 5.32 Å². The first-order chi connectivity index (χ1) is 8.22. The molecule has 5 heteroatoms. The van der Waals surface area contributed by atoms with Crippen molar-refractivity contribution in [1.82, 2.24) is 5.32 Å². The van der Waals surface area contributed by atoms with Crippen molar-refractivity contribution in [2.24, 2.45) is 5.41 Å². The van der Waals surface area contributed by atoms with Crippen LogP contribution in [-0.4, -0.2) is 35.7 Å². The molecule has 0 unspecified atom stereocenters. The van der Waals surface area contributed by atoms with Crippen LogP contribution in [0.15, 0.2) is 0 Å². The number of nitrogens with one attached hydrogen (secondary N) is 1. The first-order valence-corrected chi connectivity index (χ1v) is 7.20. The fourth-order valence-electron chi connectivity index (χ4n) is 2.22. The van der Waals surface area contributed by atoms with Crippen LogP contribution in [0, 0.1) is 16.7 Å². The van der Waals surface area contributed by atoms with Crippen LogP contribution in [0.3, 0.4) is 0 Å². The molecular weight excluding hydrogens is 236 g/mol. The molecule has 0 spiro atoms. The van der Waals surface area contributed by atoms with E-state index in [0.717, 1.165) is 25.7 Å². The first kappa shape index (κ1) is 14.3. The van der Waals surface area contributed by atoms with E-state index in [1.807, 2.05) is 6.07 Å². The minimum absolute atomic E-state index is 0.0383. The Morgan fingerprint density at radius 3 is 2.71 bits per heavy atom. The lowest BCUT2D eigenvalue weighted by atomic mass is 9.74. The molecule has 1 saturated carbocycles. The van der Waals surface area contributed by atoms with Crippen molar-refractivity contribution in [3.05, 3.63) is 0 Å². The van der Waals surface area contributed by atoms with Gasteiger partial charge in [-0.2, -0.15) is 5.26 Å². The van der Waals surface area contributed by atoms with E-state index in [9.17, 15) is 9.90 Å². The number of hydrogen-bond acceptors (Lipinski definition) is 4. The Kier molecular flexibility index (Phi) is 6.38. The second-order valence-electron chi connectivity index (χ2n) is 4.65. The lowest BCUT2D eigenvalue weighted by molar-refractivity contribution is -0.119. The topological polar surface area (TPSA) is 73.1 Å². The third kappa shape index (κ3) is 4.97. The van der Waals surface area contributed by atoms with Crippen molar-refractivity contribution >= 4 is 17.7 Å². The van der Waals surface area contributed by atoms with Crippen LogP contribution in [0.2, 0.25) is 0 Å². The standard InChI is InChI=1S/C12H20N2O2S/c13-6-7-17-8-11(16)14-9-12(10-15)4-2-1-3-5-12/h15H,1-5,7-10H2,(H,14,16). The summed E-state index contributed by atoms with van der Waals surface area (Å²) < 4.78 is 0. The molecule has 0 aromatic rings. The van der Waals surface area contributed by atoms with Crippen molar-refractivity contribution in [2.75, 3.05) is 24.7 Å². The molecule has 0 atom stereocenters. The van der Waals surface area contributed by atoms with Crippen molar-refractivity contribution < 1.29 is 9.90 Å². The Labute approximate surface area is 107 Å². The number of amides is 1. The molecule has 4 nitrogen and oxygen atoms in total. The molecule has 17 heavy (non-hydrogen) atoms. The summed E-state index contributed by atoms with van der Waals surface area (Å²) in [6.45, 7) is 0.716. The summed E-state index contributed by atoms with van der Waals surface area (Å²) in [7, 11) is 0. The number of carbonyl (C=O) groups is 1. The monoisotopic (exact) mass is 256 g/mol. The van der Waals surface area contributed by atoms with Gasteiger partial charge in [0.1, 0.15) is 0 Å². The Hall–Kier alpha value is -0.730. The highest BCUT2D eigenvalue weighted by atomic mass is 32.2. The van der Waals surface area contributed by atoms with E-state index in [-0.39, 0.29) is 17.9 Å². The summed E-state index contributed by atoms with van der Waals surface area (Å²) in [5.41, 5.74) is -0.103. The van der Waals surface area contributed by atoms with E-state index in [1.54, 1.807) is 0 Å². The highest BCUT2D eigenvalue weighted by Gasteiger charge is 2.31. The summed E-state index contributed by atoms with van der Waals surface area (Å²) in [5.74, 6) is 0.636. The maximum Gasteiger partial charge on any atom is 0.230 e. The molecule has 0 aliphatic heterocycles. The van der Waals surface area contributed by atoms with Gasteiger partial charge in [0.2, 0.25) is 5.91 Å². The van der Waals surface area contributed by atoms with Crippen molar-refractivity contribution in [1.29, 1.82) is 5.26 Å². The fraction of sp³-hybridized carbons (Fsp3) is 0.833. The number of nitrogens with zero attached hydrogens (tertiary/aromatic N) is 1. The lowest BCUT2D eigenvalue weighted by Gasteiger charge is -2.35. The van der Waals surface area contributed by atoms with Crippen LogP contribution in [0.5, 0.6) is 0 Å². The Morgan fingerprint density at radius 2 is 2.12 bits per heavy atom. The minimum Gasteiger partial charge on any atom is -0.396 e. The lowest BCUT2D eigenvalue weighted by Crippen LogP contribution is -2.42. The van der Waals surface area contributed by atoms with Gasteiger partial charge in [-0.3, -0.25) is 4.79 Å². The molecule has 0 heterocycles. The zero-order valence-corrected chi connectivity index (χ0v) is 10.9. The van der Waals surface area contributed by atoms with Gasteiger partial charge in [-0.05, 0) is 12.8 Å². The molecule has 96 valence electrons. The molecule has 0 aromatic heterocycles. The normalized spacial score (nSPS) is 18.4. The maximum atomic E-state index is 11.5. The molecular formula is C12H20N2O2S. The number of hydrogen-bond donors (Lipinski definition) is 2. The average molecular weight is 256 g/mol. The van der Waals surface area contributed by atoms with Gasteiger partial charge in [-0.1, -0.05) is 19.3 Å². The number of aliphatic hydroxyl groups excluding tert-OH is 1. The molecule has 0 radical (unpaired) electrons. The predicted octanol–water partition coefficient (Wildman–Crippen LogP) is 1.30. The van der Waals surface area contributed by atoms with Gasteiger partial charge in [-0.15, -0.1) is 11.8 Å². The van der Waals surface area contributed by atoms with E-state index in [1.165, 1.54) is 18.2 Å². The Bertz CT molecular complexity index is 283. The fourth-order valence-corrected chi connectivity index (χ4v) is 2.70. The molecule has 0 bridgehead atoms. The number of aliphatic hydroxyl groups is 1. The van der Waals surface area contributed by atoms with Gasteiger partial charge in [0.05, 0.1) is 24.2 Å². The van der Waals surface area contributed by atoms with Crippen LogP contribution in [0.1, 0.15) is 32.1 Å². The van der Waals surface area contributed by atoms with E-state index in [4.69, 9.17) is 5.26 Å². The van der Waals surface area contributed by atoms with Gasteiger partial charge in [0.15, 0.2) is 0 Å². The SMILES string of the molecule is N#CCSCC(=O)NCC1(CO)CCCCC1. The summed E-state index contributed by atoms with van der Waals surface area (Å²) in [4.78, 5) is 11.5. The predicted molar refractivity (Wildman–Crippen MR) is 68.6 cm³/mol. The molecule has 1 aliphatic rings. The molecule has 1 rings (SSSR count). The average Bonchev–Trinajstić information content (AvgIpc) is 2.38. The molecule has 1 fully saturated rings. The van der Waals surface area contributed by atoms with Crippen molar-refractivity contribution in [3.63, 3.8) is 0 Å². The van der Waals surface area contributed by atoms with Gasteiger partial charge in [-0.25, -0.2) is 0 Å². The highest BCUT2D eigenvalue weighted by molar-refractivity contribution is 8.00. The van der Waals surface area contributed by atoms with E-state index < -0.39 is 0 Å². The third-order valence-corrected chi connectivity index (χ3v) is 4.11. The second-order valence-corrected chi connectivity index (χ2v) is 5.63. The van der Waals surface area contributed by atoms with Crippen LogP contribution < -0.4 is 5.32 Å². The largest absolute Gasteiger partial charge is 0.396 e. The van der Waals surface area contributed by atoms with Gasteiger partial charge in [0, 0.05) is 12.0 Å². The third-order valence-electron chi connectivity index (χ3n) is 3.31. The molecule has 0 saturated heterocycles. The Morgan fingerprint density at radius 1 is 1.41 bits per heavy atom. The number of nitriles is 1. The van der Waals surface area contributed by atoms with Gasteiger partial charge >= 0.3 is 0 Å². The second kappa shape index (κ2) is 7.57. The smallest absolute Gasteiger partial charge is 0.230 e. The molecule has 0 aromatic carbocycles. The molecule has 1 amide bonds. The minimum atomic E-state index is -0.103. The number of thioether (sulfide) groups is 1. The first-order valence-electron chi connectivity index (χ1n) is 6.05. The van der Waals surface area contributed by atoms with Crippen LogP contribution in [0.4, 0.5) is 0 Å². The number of carbonyl (C=O) groups excluding carboxylic acids is 1. The highest BCUT2D eigenvalue weighted by Crippen LogP contribution is 2.35. The summed E-state index contributed by atoms with van der Waals surface area (Å²) in [6, 6.07) is 1.99. The zero-order valence-electron chi connectivity index (χ0n) is 10.1. The summed E-state index contributed by atoms with van der Waals surface area (Å²) in [5, 5.41) is 20.7. The van der Waals surface area contributed by atoms with Gasteiger partial charge < -0.3 is 10.4 Å². The van der Waals surface area contributed by atoms with Crippen LogP contribution >= 0.6 is 11.8 Å². The van der Waals surface area contributed by atoms with E-state index >= 15 is 0 Å². The Balaban J connectivity index is 2.27. The van der Waals surface area contributed by atoms with Crippen molar-refractivity contribution in [3.8, 4) is 6.07 Å². The summed E-state index contributed by atoms with van der Waals surface area (Å²) in [6.07, 6.45) is 5.50. The van der Waals surface area contributed by atoms with Gasteiger partial charge in [0.25, 0.3) is 0 Å². The molecule has 1 aliphatic carbocycles. The van der Waals surface area contributed by atoms with Crippen molar-refractivity contribution in [2.45, 2.75) is 32.1 Å². The zero-order chi connectivity index (χ0) is 12.6. The van der Waals surface area contributed by atoms with Crippen LogP contribution in [0.25, 0.3) is 0 Å². The van der Waals surface area contributed by atoms with E-state index in [0.29, 0.717) is 18.1 Å². The van der Waals surface area contributed by atoms with Crippen LogP contribution in [-0.2, 0) is 4.79 Å². The number of rotatable bonds is 6.